The lowest BCUT2D eigenvalue weighted by Gasteiger charge is -2.38. The van der Waals surface area contributed by atoms with E-state index in [1.165, 1.54) is 30.5 Å². The van der Waals surface area contributed by atoms with E-state index in [9.17, 15) is 9.90 Å². The molecule has 1 aromatic heterocycles. The lowest BCUT2D eigenvalue weighted by molar-refractivity contribution is 0.0686. The molecule has 24 heavy (non-hydrogen) atoms. The van der Waals surface area contributed by atoms with Crippen LogP contribution in [0.4, 0.5) is 0 Å². The van der Waals surface area contributed by atoms with Gasteiger partial charge in [-0.05, 0) is 68.9 Å². The van der Waals surface area contributed by atoms with E-state index in [0.29, 0.717) is 17.5 Å². The maximum absolute atomic E-state index is 11.9. The van der Waals surface area contributed by atoms with Crippen molar-refractivity contribution >= 4 is 5.97 Å². The minimum atomic E-state index is -0.877. The van der Waals surface area contributed by atoms with Crippen molar-refractivity contribution in [2.24, 2.45) is 11.8 Å². The second-order valence-electron chi connectivity index (χ2n) is 8.00. The molecular weight excluding hydrogens is 300 g/mol. The van der Waals surface area contributed by atoms with Crippen LogP contribution >= 0.6 is 0 Å². The third kappa shape index (κ3) is 1.98. The fraction of sp³-hybridized carbons (Fsp3) is 0.500. The van der Waals surface area contributed by atoms with E-state index in [1.54, 1.807) is 0 Å². The number of aryl methyl sites for hydroxylation is 1. The maximum Gasteiger partial charge on any atom is 0.356 e. The first-order valence-corrected chi connectivity index (χ1v) is 9.03. The standard InChI is InChI=1S/C20H22N2O2/c1-11-2-4-16(5-3-11)22-19-15-9-12-6-13(10-15)8-14(7-12)17(19)18(21-22)20(23)24/h2-5,12-15H,6-10H2,1H3,(H,23,24). The monoisotopic (exact) mass is 322 g/mol. The van der Waals surface area contributed by atoms with Gasteiger partial charge in [0.2, 0.25) is 0 Å². The molecule has 1 aromatic carbocycles. The summed E-state index contributed by atoms with van der Waals surface area (Å²) < 4.78 is 1.95. The molecule has 0 saturated heterocycles. The van der Waals surface area contributed by atoms with Crippen molar-refractivity contribution in [3.05, 3.63) is 46.8 Å². The topological polar surface area (TPSA) is 55.1 Å². The van der Waals surface area contributed by atoms with Crippen LogP contribution in [0.2, 0.25) is 0 Å². The largest absolute Gasteiger partial charge is 0.476 e. The number of aromatic nitrogens is 2. The maximum atomic E-state index is 11.9. The van der Waals surface area contributed by atoms with Crippen LogP contribution in [-0.4, -0.2) is 20.9 Å². The van der Waals surface area contributed by atoms with Gasteiger partial charge in [0.25, 0.3) is 0 Å². The minimum absolute atomic E-state index is 0.295. The highest BCUT2D eigenvalue weighted by atomic mass is 16.4. The van der Waals surface area contributed by atoms with Crippen LogP contribution < -0.4 is 0 Å². The van der Waals surface area contributed by atoms with Gasteiger partial charge in [-0.15, -0.1) is 0 Å². The Morgan fingerprint density at radius 3 is 2.29 bits per heavy atom. The number of aromatic carboxylic acids is 1. The van der Waals surface area contributed by atoms with E-state index >= 15 is 0 Å². The molecule has 4 heteroatoms. The van der Waals surface area contributed by atoms with Crippen molar-refractivity contribution in [2.75, 3.05) is 0 Å². The molecule has 124 valence electrons. The van der Waals surface area contributed by atoms with Crippen LogP contribution in [0.5, 0.6) is 0 Å². The van der Waals surface area contributed by atoms with Crippen molar-refractivity contribution in [3.63, 3.8) is 0 Å². The van der Waals surface area contributed by atoms with E-state index in [4.69, 9.17) is 0 Å². The van der Waals surface area contributed by atoms with Gasteiger partial charge < -0.3 is 5.11 Å². The average molecular weight is 322 g/mol. The van der Waals surface area contributed by atoms with Crippen LogP contribution in [0.15, 0.2) is 24.3 Å². The molecule has 1 heterocycles. The highest BCUT2D eigenvalue weighted by Crippen LogP contribution is 2.57. The van der Waals surface area contributed by atoms with Crippen LogP contribution in [0.1, 0.15) is 71.2 Å². The lowest BCUT2D eigenvalue weighted by atomic mass is 9.67. The molecular formula is C20H22N2O2. The number of hydrogen-bond acceptors (Lipinski definition) is 2. The number of rotatable bonds is 2. The Kier molecular flexibility index (Phi) is 2.94. The first kappa shape index (κ1) is 14.3. The molecule has 2 unspecified atom stereocenters. The molecule has 6 rings (SSSR count). The Morgan fingerprint density at radius 1 is 1.04 bits per heavy atom. The zero-order chi connectivity index (χ0) is 16.4. The molecule has 2 fully saturated rings. The number of carbonyl (C=O) groups is 1. The van der Waals surface area contributed by atoms with Crippen molar-refractivity contribution in [3.8, 4) is 5.69 Å². The fourth-order valence-corrected chi connectivity index (χ4v) is 5.59. The van der Waals surface area contributed by atoms with Gasteiger partial charge in [-0.2, -0.15) is 5.10 Å². The van der Waals surface area contributed by atoms with E-state index < -0.39 is 5.97 Å². The highest BCUT2D eigenvalue weighted by molar-refractivity contribution is 5.88. The van der Waals surface area contributed by atoms with E-state index in [0.717, 1.165) is 35.9 Å². The number of carboxylic acids is 1. The van der Waals surface area contributed by atoms with Gasteiger partial charge in [-0.3, -0.25) is 0 Å². The number of nitrogens with zero attached hydrogens (tertiary/aromatic N) is 2. The lowest BCUT2D eigenvalue weighted by Crippen LogP contribution is -2.26. The second-order valence-corrected chi connectivity index (χ2v) is 8.00. The zero-order valence-corrected chi connectivity index (χ0v) is 13.9. The molecule has 2 aromatic rings. The van der Waals surface area contributed by atoms with Gasteiger partial charge in [-0.1, -0.05) is 17.7 Å². The summed E-state index contributed by atoms with van der Waals surface area (Å²) in [5.74, 6) is 1.53. The summed E-state index contributed by atoms with van der Waals surface area (Å²) in [6, 6.07) is 8.27. The molecule has 2 saturated carbocycles. The Balaban J connectivity index is 1.75. The minimum Gasteiger partial charge on any atom is -0.476 e. The predicted molar refractivity (Wildman–Crippen MR) is 90.8 cm³/mol. The van der Waals surface area contributed by atoms with Crippen molar-refractivity contribution in [1.82, 2.24) is 9.78 Å². The van der Waals surface area contributed by atoms with Crippen LogP contribution in [-0.2, 0) is 0 Å². The molecule has 1 N–H and O–H groups in total. The summed E-state index contributed by atoms with van der Waals surface area (Å²) in [4.78, 5) is 11.9. The second kappa shape index (κ2) is 4.95. The third-order valence-electron chi connectivity index (χ3n) is 6.37. The highest BCUT2D eigenvalue weighted by Gasteiger charge is 2.46. The summed E-state index contributed by atoms with van der Waals surface area (Å²) in [6.07, 6.45) is 6.06. The Labute approximate surface area is 141 Å². The third-order valence-corrected chi connectivity index (χ3v) is 6.37. The van der Waals surface area contributed by atoms with Gasteiger partial charge in [0, 0.05) is 11.5 Å². The van der Waals surface area contributed by atoms with Gasteiger partial charge in [-0.25, -0.2) is 9.48 Å². The average Bonchev–Trinajstić information content (AvgIpc) is 2.87. The first-order valence-electron chi connectivity index (χ1n) is 9.03. The predicted octanol–water partition coefficient (Wildman–Crippen LogP) is 4.27. The molecule has 4 aliphatic carbocycles. The summed E-state index contributed by atoms with van der Waals surface area (Å²) in [7, 11) is 0. The SMILES string of the molecule is Cc1ccc(-n2nc(C(=O)O)c3c2C2CC4CC(CC3C4)C2)cc1. The molecule has 4 bridgehead atoms. The quantitative estimate of drug-likeness (QED) is 0.898. The molecule has 0 spiro atoms. The number of benzene rings is 1. The molecule has 0 aliphatic heterocycles. The Morgan fingerprint density at radius 2 is 1.67 bits per heavy atom. The van der Waals surface area contributed by atoms with Crippen LogP contribution in [0.3, 0.4) is 0 Å². The normalized spacial score (nSPS) is 30.2. The van der Waals surface area contributed by atoms with Crippen molar-refractivity contribution in [2.45, 2.75) is 50.9 Å². The van der Waals surface area contributed by atoms with Crippen LogP contribution in [0.25, 0.3) is 5.69 Å². The Hall–Kier alpha value is -2.10. The molecule has 4 nitrogen and oxygen atoms in total. The summed E-state index contributed by atoms with van der Waals surface area (Å²) in [5.41, 5.74) is 4.74. The van der Waals surface area contributed by atoms with Gasteiger partial charge >= 0.3 is 5.97 Å². The van der Waals surface area contributed by atoms with E-state index in [-0.39, 0.29) is 0 Å². The molecule has 0 amide bonds. The summed E-state index contributed by atoms with van der Waals surface area (Å²) in [6.45, 7) is 2.07. The molecule has 4 aliphatic rings. The summed E-state index contributed by atoms with van der Waals surface area (Å²) in [5, 5.41) is 14.3. The summed E-state index contributed by atoms with van der Waals surface area (Å²) >= 11 is 0. The fourth-order valence-electron chi connectivity index (χ4n) is 5.59. The van der Waals surface area contributed by atoms with E-state index in [2.05, 4.69) is 36.3 Å². The van der Waals surface area contributed by atoms with Gasteiger partial charge in [0.15, 0.2) is 5.69 Å². The first-order chi connectivity index (χ1) is 11.6. The molecule has 0 radical (unpaired) electrons. The smallest absolute Gasteiger partial charge is 0.356 e. The number of hydrogen-bond donors (Lipinski definition) is 1. The Bertz CT molecular complexity index is 807. The van der Waals surface area contributed by atoms with Crippen molar-refractivity contribution < 1.29 is 9.90 Å². The zero-order valence-electron chi connectivity index (χ0n) is 13.9. The van der Waals surface area contributed by atoms with Crippen LogP contribution in [0, 0.1) is 18.8 Å². The van der Waals surface area contributed by atoms with E-state index in [1.807, 2.05) is 4.68 Å². The van der Waals surface area contributed by atoms with Gasteiger partial charge in [0.1, 0.15) is 0 Å². The van der Waals surface area contributed by atoms with Crippen molar-refractivity contribution in [1.29, 1.82) is 0 Å². The van der Waals surface area contributed by atoms with Gasteiger partial charge in [0.05, 0.1) is 11.4 Å². The molecule has 2 atom stereocenters. The number of carboxylic acid groups (broad SMARTS) is 1.